The molecule has 0 unspecified atom stereocenters. The average molecular weight is 390 g/mol. The Kier molecular flexibility index (Phi) is 6.97. The first-order chi connectivity index (χ1) is 12.9. The third-order valence-corrected chi connectivity index (χ3v) is 4.29. The Hall–Kier alpha value is -3.31. The minimum atomic E-state index is -0.578. The van der Waals surface area contributed by atoms with E-state index in [0.717, 1.165) is 11.8 Å². The maximum atomic E-state index is 11.9. The van der Waals surface area contributed by atoms with Gasteiger partial charge in [-0.25, -0.2) is 5.43 Å². The van der Waals surface area contributed by atoms with Crippen LogP contribution in [-0.4, -0.2) is 39.4 Å². The van der Waals surface area contributed by atoms with Crippen LogP contribution in [0.15, 0.2) is 52.5 Å². The van der Waals surface area contributed by atoms with Crippen molar-refractivity contribution in [1.82, 2.24) is 5.43 Å². The number of benzene rings is 2. The number of thioether (sulfide) groups is 1. The van der Waals surface area contributed by atoms with E-state index in [9.17, 15) is 25.0 Å². The molecule has 140 valence electrons. The molecular formula is C16H14N4O6S. The van der Waals surface area contributed by atoms with Gasteiger partial charge >= 0.3 is 0 Å². The number of hydrazone groups is 1. The summed E-state index contributed by atoms with van der Waals surface area (Å²) in [5.74, 6) is -0.245. The summed E-state index contributed by atoms with van der Waals surface area (Å²) in [5, 5.41) is 34.3. The van der Waals surface area contributed by atoms with Crippen LogP contribution in [0.4, 0.5) is 11.4 Å². The monoisotopic (exact) mass is 390 g/mol. The number of carbonyl (C=O) groups excluding carboxylic acids is 1. The van der Waals surface area contributed by atoms with Crippen molar-refractivity contribution in [2.24, 2.45) is 5.10 Å². The molecule has 0 spiro atoms. The van der Waals surface area contributed by atoms with Gasteiger partial charge in [0, 0.05) is 35.1 Å². The summed E-state index contributed by atoms with van der Waals surface area (Å²) >= 11 is 1.16. The lowest BCUT2D eigenvalue weighted by Crippen LogP contribution is -2.17. The van der Waals surface area contributed by atoms with Crippen LogP contribution in [0.5, 0.6) is 0 Å². The molecule has 0 radical (unpaired) electrons. The fourth-order valence-corrected chi connectivity index (χ4v) is 2.76. The summed E-state index contributed by atoms with van der Waals surface area (Å²) in [6, 6.07) is 9.42. The average Bonchev–Trinajstić information content (AvgIpc) is 2.66. The summed E-state index contributed by atoms with van der Waals surface area (Å²) in [5.41, 5.74) is 2.56. The second-order valence-corrected chi connectivity index (χ2v) is 6.20. The standard InChI is InChI=1S/C16H14N4O6S/c21-7-8-27-15-6-1-11(9-14(15)20(25)26)10-17-18-16(22)12-2-4-13(5-3-12)19(23)24/h1-6,9-10,21H,7-8H2,(H,18,22)/b17-10+. The van der Waals surface area contributed by atoms with E-state index < -0.39 is 15.8 Å². The molecule has 0 saturated carbocycles. The molecule has 0 aliphatic heterocycles. The van der Waals surface area contributed by atoms with Crippen LogP contribution in [0.25, 0.3) is 0 Å². The van der Waals surface area contributed by atoms with Crippen LogP contribution in [0.2, 0.25) is 0 Å². The van der Waals surface area contributed by atoms with Gasteiger partial charge in [-0.2, -0.15) is 5.10 Å². The first kappa shape index (κ1) is 20.0. The quantitative estimate of drug-likeness (QED) is 0.304. The number of hydrogen-bond donors (Lipinski definition) is 2. The van der Waals surface area contributed by atoms with Gasteiger partial charge < -0.3 is 5.11 Å². The molecule has 1 amide bonds. The summed E-state index contributed by atoms with van der Waals surface area (Å²) in [6.45, 7) is -0.0975. The normalized spacial score (nSPS) is 10.7. The predicted octanol–water partition coefficient (Wildman–Crippen LogP) is 2.35. The number of nitrogens with one attached hydrogen (secondary N) is 1. The van der Waals surface area contributed by atoms with Crippen LogP contribution in [0.3, 0.4) is 0 Å². The van der Waals surface area contributed by atoms with Crippen molar-refractivity contribution in [3.63, 3.8) is 0 Å². The van der Waals surface area contributed by atoms with Crippen molar-refractivity contribution >= 4 is 35.3 Å². The highest BCUT2D eigenvalue weighted by atomic mass is 32.2. The van der Waals surface area contributed by atoms with Crippen molar-refractivity contribution in [3.05, 3.63) is 73.8 Å². The fraction of sp³-hybridized carbons (Fsp3) is 0.125. The third-order valence-electron chi connectivity index (χ3n) is 3.25. The Morgan fingerprint density at radius 2 is 1.85 bits per heavy atom. The maximum Gasteiger partial charge on any atom is 0.283 e. The highest BCUT2D eigenvalue weighted by Crippen LogP contribution is 2.29. The minimum Gasteiger partial charge on any atom is -0.396 e. The molecule has 0 heterocycles. The number of aliphatic hydroxyl groups is 1. The van der Waals surface area contributed by atoms with Gasteiger partial charge in [0.05, 0.1) is 27.6 Å². The number of non-ortho nitro benzene ring substituents is 1. The number of aliphatic hydroxyl groups excluding tert-OH is 1. The van der Waals surface area contributed by atoms with E-state index in [4.69, 9.17) is 5.11 Å². The highest BCUT2D eigenvalue weighted by molar-refractivity contribution is 7.99. The van der Waals surface area contributed by atoms with Crippen molar-refractivity contribution < 1.29 is 19.7 Å². The number of nitro groups is 2. The number of rotatable bonds is 8. The Balaban J connectivity index is 2.06. The second kappa shape index (κ2) is 9.40. The van der Waals surface area contributed by atoms with E-state index in [2.05, 4.69) is 10.5 Å². The molecule has 2 aromatic rings. The van der Waals surface area contributed by atoms with Crippen molar-refractivity contribution in [2.45, 2.75) is 4.90 Å². The van der Waals surface area contributed by atoms with Crippen LogP contribution in [0.1, 0.15) is 15.9 Å². The molecule has 11 heteroatoms. The summed E-state index contributed by atoms with van der Waals surface area (Å²) < 4.78 is 0. The van der Waals surface area contributed by atoms with Gasteiger partial charge in [-0.1, -0.05) is 6.07 Å². The van der Waals surface area contributed by atoms with E-state index >= 15 is 0 Å². The van der Waals surface area contributed by atoms with Gasteiger partial charge in [-0.3, -0.25) is 25.0 Å². The van der Waals surface area contributed by atoms with Crippen molar-refractivity contribution in [1.29, 1.82) is 0 Å². The van der Waals surface area contributed by atoms with Crippen molar-refractivity contribution in [3.8, 4) is 0 Å². The summed E-state index contributed by atoms with van der Waals surface area (Å²) in [4.78, 5) is 33.0. The molecule has 2 N–H and O–H groups in total. The zero-order valence-corrected chi connectivity index (χ0v) is 14.6. The van der Waals surface area contributed by atoms with E-state index in [1.165, 1.54) is 42.6 Å². The topological polar surface area (TPSA) is 148 Å². The number of nitrogens with zero attached hydrogens (tertiary/aromatic N) is 3. The molecular weight excluding hydrogens is 376 g/mol. The molecule has 0 atom stereocenters. The molecule has 27 heavy (non-hydrogen) atoms. The summed E-state index contributed by atoms with van der Waals surface area (Å²) in [6.07, 6.45) is 1.25. The molecule has 0 saturated heterocycles. The summed E-state index contributed by atoms with van der Waals surface area (Å²) in [7, 11) is 0. The molecule has 0 aromatic heterocycles. The third kappa shape index (κ3) is 5.59. The molecule has 10 nitrogen and oxygen atoms in total. The fourth-order valence-electron chi connectivity index (χ4n) is 2.00. The first-order valence-corrected chi connectivity index (χ1v) is 8.51. The number of nitro benzene ring substituents is 2. The smallest absolute Gasteiger partial charge is 0.283 e. The Morgan fingerprint density at radius 3 is 2.44 bits per heavy atom. The number of carbonyl (C=O) groups is 1. The Labute approximate surface area is 157 Å². The number of amides is 1. The van der Waals surface area contributed by atoms with Gasteiger partial charge in [-0.15, -0.1) is 11.8 Å². The van der Waals surface area contributed by atoms with Gasteiger partial charge in [0.1, 0.15) is 0 Å². The van der Waals surface area contributed by atoms with Crippen LogP contribution in [0, 0.1) is 20.2 Å². The predicted molar refractivity (Wildman–Crippen MR) is 99.1 cm³/mol. The van der Waals surface area contributed by atoms with Crippen LogP contribution >= 0.6 is 11.8 Å². The van der Waals surface area contributed by atoms with E-state index in [0.29, 0.717) is 16.2 Å². The minimum absolute atomic E-state index is 0.0975. The van der Waals surface area contributed by atoms with Crippen LogP contribution in [-0.2, 0) is 0 Å². The van der Waals surface area contributed by atoms with Gasteiger partial charge in [0.15, 0.2) is 0 Å². The van der Waals surface area contributed by atoms with E-state index in [1.54, 1.807) is 6.07 Å². The molecule has 2 aromatic carbocycles. The first-order valence-electron chi connectivity index (χ1n) is 7.52. The lowest BCUT2D eigenvalue weighted by atomic mass is 10.2. The molecule has 0 aliphatic carbocycles. The van der Waals surface area contributed by atoms with Crippen LogP contribution < -0.4 is 5.43 Å². The Morgan fingerprint density at radius 1 is 1.15 bits per heavy atom. The highest BCUT2D eigenvalue weighted by Gasteiger charge is 2.14. The SMILES string of the molecule is O=C(N/N=C/c1ccc(SCCO)c([N+](=O)[O-])c1)c1ccc([N+](=O)[O-])cc1. The van der Waals surface area contributed by atoms with Gasteiger partial charge in [-0.05, 0) is 18.2 Å². The number of hydrogen-bond acceptors (Lipinski definition) is 8. The lowest BCUT2D eigenvalue weighted by molar-refractivity contribution is -0.387. The molecule has 2 rings (SSSR count). The zero-order chi connectivity index (χ0) is 19.8. The molecule has 0 bridgehead atoms. The van der Waals surface area contributed by atoms with Crippen molar-refractivity contribution in [2.75, 3.05) is 12.4 Å². The van der Waals surface area contributed by atoms with Gasteiger partial charge in [0.25, 0.3) is 17.3 Å². The Bertz CT molecular complexity index is 885. The second-order valence-electron chi connectivity index (χ2n) is 5.06. The lowest BCUT2D eigenvalue weighted by Gasteiger charge is -2.03. The largest absolute Gasteiger partial charge is 0.396 e. The van der Waals surface area contributed by atoms with E-state index in [-0.39, 0.29) is 23.5 Å². The molecule has 0 aliphatic rings. The maximum absolute atomic E-state index is 11.9. The zero-order valence-electron chi connectivity index (χ0n) is 13.8. The van der Waals surface area contributed by atoms with E-state index in [1.807, 2.05) is 0 Å². The molecule has 0 fully saturated rings. The van der Waals surface area contributed by atoms with Gasteiger partial charge in [0.2, 0.25) is 0 Å².